The van der Waals surface area contributed by atoms with Crippen molar-refractivity contribution >= 4 is 13.8 Å². The molecule has 0 spiro atoms. The first kappa shape index (κ1) is 30.0. The van der Waals surface area contributed by atoms with E-state index in [-0.39, 0.29) is 16.5 Å². The van der Waals surface area contributed by atoms with E-state index in [1.165, 1.54) is 68.1 Å². The van der Waals surface area contributed by atoms with Crippen LogP contribution in [-0.2, 0) is 5.41 Å². The highest BCUT2D eigenvalue weighted by Gasteiger charge is 2.55. The van der Waals surface area contributed by atoms with Gasteiger partial charge in [0, 0.05) is 16.5 Å². The molecule has 0 aromatic heterocycles. The zero-order valence-corrected chi connectivity index (χ0v) is 28.4. The summed E-state index contributed by atoms with van der Waals surface area (Å²) in [4.78, 5) is 0. The molecule has 0 saturated heterocycles. The number of hydrogen-bond acceptors (Lipinski definition) is 3. The number of unbranched alkanes of at least 4 members (excludes halogenated alkanes) is 2. The van der Waals surface area contributed by atoms with Gasteiger partial charge in [-0.1, -0.05) is 71.2 Å². The summed E-state index contributed by atoms with van der Waals surface area (Å²) in [5.41, 5.74) is 7.32. The fraction of sp³-hybridized carbons (Fsp3) is 0.722. The highest BCUT2D eigenvalue weighted by molar-refractivity contribution is 6.76. The third-order valence-electron chi connectivity index (χ3n) is 10.5. The van der Waals surface area contributed by atoms with Crippen LogP contribution in [0.2, 0.25) is 18.6 Å². The van der Waals surface area contributed by atoms with Crippen LogP contribution in [0.1, 0.15) is 118 Å². The Bertz CT molecular complexity index is 1140. The minimum atomic E-state index is -1.80. The molecule has 1 heterocycles. The number of hydrogen-bond donors (Lipinski definition) is 0. The topological polar surface area (TPSA) is 21.7 Å². The van der Waals surface area contributed by atoms with E-state index >= 15 is 0 Å². The van der Waals surface area contributed by atoms with Gasteiger partial charge >= 0.3 is 0 Å². The zero-order valence-electron chi connectivity index (χ0n) is 27.4. The van der Waals surface area contributed by atoms with Gasteiger partial charge in [0.25, 0.3) is 0 Å². The number of rotatable bonds is 8. The molecule has 0 N–H and O–H groups in total. The molecule has 1 fully saturated rings. The molecule has 1 saturated carbocycles. The quantitative estimate of drug-likeness (QED) is 0.294. The Hall–Kier alpha value is -1.52. The molecular weight excluding hydrogens is 506 g/mol. The van der Waals surface area contributed by atoms with Crippen molar-refractivity contribution in [1.29, 1.82) is 0 Å². The van der Waals surface area contributed by atoms with Gasteiger partial charge in [0.15, 0.2) is 11.5 Å². The molecule has 3 unspecified atom stereocenters. The Morgan fingerprint density at radius 3 is 1.98 bits per heavy atom. The SMILES string of the molecule is CCCCC1(CCCC)C2=CC3C(C=C2c2cc4c(cc21)OCCO4)CCC3[Si](C)(C)N(C(C)(C)C)C(C)(C)C. The van der Waals surface area contributed by atoms with Crippen LogP contribution in [0.15, 0.2) is 29.9 Å². The summed E-state index contributed by atoms with van der Waals surface area (Å²) in [5.74, 6) is 3.19. The Morgan fingerprint density at radius 2 is 1.43 bits per heavy atom. The number of allylic oxidation sites excluding steroid dienone is 4. The lowest BCUT2D eigenvalue weighted by Crippen LogP contribution is -2.67. The second-order valence-corrected chi connectivity index (χ2v) is 20.2. The maximum atomic E-state index is 6.17. The van der Waals surface area contributed by atoms with Crippen LogP contribution in [0.3, 0.4) is 0 Å². The molecule has 3 nitrogen and oxygen atoms in total. The summed E-state index contributed by atoms with van der Waals surface area (Å²) in [6.45, 7) is 26.0. The minimum Gasteiger partial charge on any atom is -0.486 e. The van der Waals surface area contributed by atoms with E-state index in [4.69, 9.17) is 9.47 Å². The number of benzene rings is 1. The molecule has 0 amide bonds. The Labute approximate surface area is 246 Å². The van der Waals surface area contributed by atoms with Gasteiger partial charge in [-0.15, -0.1) is 0 Å². The number of fused-ring (bicyclic) bond motifs is 5. The molecule has 0 bridgehead atoms. The van der Waals surface area contributed by atoms with Crippen molar-refractivity contribution in [2.75, 3.05) is 13.2 Å². The molecule has 3 atom stereocenters. The first-order chi connectivity index (χ1) is 18.8. The van der Waals surface area contributed by atoms with E-state index in [0.29, 0.717) is 25.0 Å². The molecule has 1 aliphatic heterocycles. The van der Waals surface area contributed by atoms with Crippen LogP contribution in [0.5, 0.6) is 11.5 Å². The molecule has 40 heavy (non-hydrogen) atoms. The van der Waals surface area contributed by atoms with Gasteiger partial charge in [-0.05, 0) is 113 Å². The molecule has 4 heteroatoms. The number of ether oxygens (including phenoxy) is 2. The van der Waals surface area contributed by atoms with Crippen molar-refractivity contribution in [1.82, 2.24) is 4.57 Å². The van der Waals surface area contributed by atoms with Gasteiger partial charge in [-0.3, -0.25) is 0 Å². The van der Waals surface area contributed by atoms with E-state index in [0.717, 1.165) is 17.0 Å². The molecule has 0 radical (unpaired) electrons. The zero-order chi connectivity index (χ0) is 29.1. The summed E-state index contributed by atoms with van der Waals surface area (Å²) in [7, 11) is -1.80. The average Bonchev–Trinajstić information content (AvgIpc) is 3.39. The van der Waals surface area contributed by atoms with Crippen LogP contribution in [0.4, 0.5) is 0 Å². The van der Waals surface area contributed by atoms with Gasteiger partial charge in [0.05, 0.1) is 0 Å². The third kappa shape index (κ3) is 4.93. The highest BCUT2D eigenvalue weighted by atomic mass is 28.3. The van der Waals surface area contributed by atoms with Gasteiger partial charge < -0.3 is 14.0 Å². The lowest BCUT2D eigenvalue weighted by atomic mass is 9.68. The predicted octanol–water partition coefficient (Wildman–Crippen LogP) is 9.91. The molecule has 1 aromatic carbocycles. The molecule has 3 aliphatic carbocycles. The Kier molecular flexibility index (Phi) is 7.96. The first-order valence-corrected chi connectivity index (χ1v) is 19.5. The second-order valence-electron chi connectivity index (χ2n) is 15.7. The van der Waals surface area contributed by atoms with Crippen LogP contribution in [0, 0.1) is 11.8 Å². The van der Waals surface area contributed by atoms with Crippen LogP contribution < -0.4 is 9.47 Å². The van der Waals surface area contributed by atoms with Crippen molar-refractivity contribution in [3.8, 4) is 11.5 Å². The largest absolute Gasteiger partial charge is 0.486 e. The van der Waals surface area contributed by atoms with E-state index in [2.05, 4.69) is 97.3 Å². The minimum absolute atomic E-state index is 0.0978. The molecular formula is C36H57NO2Si. The smallest absolute Gasteiger partial charge is 0.161 e. The van der Waals surface area contributed by atoms with Crippen LogP contribution >= 0.6 is 0 Å². The van der Waals surface area contributed by atoms with Crippen molar-refractivity contribution in [2.24, 2.45) is 11.8 Å². The summed E-state index contributed by atoms with van der Waals surface area (Å²) >= 11 is 0. The molecule has 5 rings (SSSR count). The summed E-state index contributed by atoms with van der Waals surface area (Å²) in [6.07, 6.45) is 15.7. The second kappa shape index (κ2) is 10.6. The van der Waals surface area contributed by atoms with Crippen molar-refractivity contribution in [3.05, 3.63) is 41.0 Å². The van der Waals surface area contributed by atoms with Gasteiger partial charge in [0.1, 0.15) is 21.4 Å². The normalized spacial score (nSPS) is 25.3. The molecule has 4 aliphatic rings. The fourth-order valence-corrected chi connectivity index (χ4v) is 15.9. The van der Waals surface area contributed by atoms with E-state index in [1.807, 2.05) is 0 Å². The number of nitrogens with zero attached hydrogens (tertiary/aromatic N) is 1. The van der Waals surface area contributed by atoms with Crippen LogP contribution in [0.25, 0.3) is 5.57 Å². The maximum absolute atomic E-state index is 6.17. The highest BCUT2D eigenvalue weighted by Crippen LogP contribution is 2.63. The monoisotopic (exact) mass is 563 g/mol. The predicted molar refractivity (Wildman–Crippen MR) is 173 cm³/mol. The van der Waals surface area contributed by atoms with E-state index in [1.54, 1.807) is 5.57 Å². The van der Waals surface area contributed by atoms with Gasteiger partial charge in [0.2, 0.25) is 0 Å². The summed E-state index contributed by atoms with van der Waals surface area (Å²) in [5, 5.41) is 0. The molecule has 222 valence electrons. The summed E-state index contributed by atoms with van der Waals surface area (Å²) < 4.78 is 15.3. The third-order valence-corrected chi connectivity index (χ3v) is 15.5. The van der Waals surface area contributed by atoms with Crippen LogP contribution in [-0.4, -0.2) is 37.1 Å². The lowest BCUT2D eigenvalue weighted by molar-refractivity contribution is 0.122. The first-order valence-electron chi connectivity index (χ1n) is 16.4. The lowest BCUT2D eigenvalue weighted by Gasteiger charge is -2.57. The van der Waals surface area contributed by atoms with E-state index in [9.17, 15) is 0 Å². The van der Waals surface area contributed by atoms with E-state index < -0.39 is 8.24 Å². The Morgan fingerprint density at radius 1 is 0.850 bits per heavy atom. The molecule has 1 aromatic rings. The maximum Gasteiger partial charge on any atom is 0.161 e. The fourth-order valence-electron chi connectivity index (χ4n) is 9.93. The van der Waals surface area contributed by atoms with Crippen molar-refractivity contribution in [3.63, 3.8) is 0 Å². The van der Waals surface area contributed by atoms with Gasteiger partial charge in [-0.2, -0.15) is 0 Å². The Balaban J connectivity index is 1.64. The average molecular weight is 564 g/mol. The summed E-state index contributed by atoms with van der Waals surface area (Å²) in [6, 6.07) is 4.73. The van der Waals surface area contributed by atoms with Crippen molar-refractivity contribution in [2.45, 2.75) is 142 Å². The van der Waals surface area contributed by atoms with Crippen molar-refractivity contribution < 1.29 is 9.47 Å². The van der Waals surface area contributed by atoms with Gasteiger partial charge in [-0.25, -0.2) is 0 Å². The standard InChI is InChI=1S/C36H57NO2Si/c1-11-13-17-36(18-14-12-2)29-22-26-25(15-16-33(26)40(9,10)37(34(3,4)5)35(6,7)8)21-27(29)28-23-31-32(24-30(28)36)39-20-19-38-31/h21-26,33H,11-20H2,1-10H3.